The highest BCUT2D eigenvalue weighted by Crippen LogP contribution is 2.50. The third-order valence-electron chi connectivity index (χ3n) is 5.92. The summed E-state index contributed by atoms with van der Waals surface area (Å²) in [5.74, 6) is 1.57. The second-order valence-electron chi connectivity index (χ2n) is 9.44. The van der Waals surface area contributed by atoms with Gasteiger partial charge in [0.05, 0.1) is 35.0 Å². The molecule has 1 fully saturated rings. The molecule has 3 aromatic rings. The average Bonchev–Trinajstić information content (AvgIpc) is 3.34. The van der Waals surface area contributed by atoms with Crippen molar-refractivity contribution in [3.05, 3.63) is 66.4 Å². The molecule has 3 aromatic heterocycles. The van der Waals surface area contributed by atoms with E-state index in [0.717, 1.165) is 18.4 Å². The first-order chi connectivity index (χ1) is 16.1. The molecular formula is C24H30N8O2. The van der Waals surface area contributed by atoms with Crippen molar-refractivity contribution in [3.63, 3.8) is 0 Å². The van der Waals surface area contributed by atoms with Crippen LogP contribution in [0.1, 0.15) is 50.7 Å². The molecule has 0 amide bonds. The maximum atomic E-state index is 10.0. The molecule has 1 atom stereocenters. The standard InChI is InChI=1S/C24H30N8O2/c1-15(26)27-10-16(9-25)20-8-7-19(12-28-20)24(4,18-5-6-18)22-30-21(34-31-22)17-11-29-32(13-17)14-23(2,3)33/h7-13,18,33H,1,5-6,14,25-26H2,2-4H3/b16-9+,27-10?/t24-/m0/s1. The highest BCUT2D eigenvalue weighted by molar-refractivity contribution is 6.09. The predicted octanol–water partition coefficient (Wildman–Crippen LogP) is 2.62. The number of hydrogen-bond acceptors (Lipinski definition) is 9. The van der Waals surface area contributed by atoms with Crippen LogP contribution in [0.15, 0.2) is 58.8 Å². The molecule has 0 aliphatic heterocycles. The molecule has 10 heteroatoms. The van der Waals surface area contributed by atoms with Crippen LogP contribution in [0.5, 0.6) is 0 Å². The fraction of sp³-hybridized carbons (Fsp3) is 0.375. The lowest BCUT2D eigenvalue weighted by atomic mass is 9.77. The Morgan fingerprint density at radius 1 is 1.32 bits per heavy atom. The van der Waals surface area contributed by atoms with Crippen LogP contribution in [-0.4, -0.2) is 41.8 Å². The Hall–Kier alpha value is -3.79. The highest BCUT2D eigenvalue weighted by Gasteiger charge is 2.47. The average molecular weight is 463 g/mol. The number of aliphatic hydroxyl groups is 1. The van der Waals surface area contributed by atoms with Crippen LogP contribution >= 0.6 is 0 Å². The van der Waals surface area contributed by atoms with Crippen molar-refractivity contribution in [2.45, 2.75) is 51.2 Å². The molecule has 0 radical (unpaired) electrons. The van der Waals surface area contributed by atoms with E-state index in [4.69, 9.17) is 21.0 Å². The van der Waals surface area contributed by atoms with Crippen LogP contribution in [-0.2, 0) is 12.0 Å². The molecule has 0 unspecified atom stereocenters. The molecule has 34 heavy (non-hydrogen) atoms. The predicted molar refractivity (Wildman–Crippen MR) is 129 cm³/mol. The quantitative estimate of drug-likeness (QED) is 0.410. The monoisotopic (exact) mass is 462 g/mol. The molecule has 4 rings (SSSR count). The largest absolute Gasteiger partial charge is 0.404 e. The Kier molecular flexibility index (Phi) is 6.09. The number of nitrogens with two attached hydrogens (primary N) is 2. The third-order valence-corrected chi connectivity index (χ3v) is 5.92. The first-order valence-electron chi connectivity index (χ1n) is 11.1. The van der Waals surface area contributed by atoms with Crippen molar-refractivity contribution in [2.75, 3.05) is 0 Å². The van der Waals surface area contributed by atoms with Crippen LogP contribution in [0.4, 0.5) is 0 Å². The Bertz CT molecular complexity index is 1230. The SMILES string of the molecule is C=C(N)N=C/C(=C\N)c1ccc([C@@](C)(c2noc(-c3cnn(CC(C)(C)O)c3)n2)C2CC2)cn1. The molecule has 1 aliphatic rings. The molecule has 0 saturated heterocycles. The third kappa shape index (κ3) is 4.91. The van der Waals surface area contributed by atoms with Gasteiger partial charge in [0.15, 0.2) is 5.82 Å². The number of rotatable bonds is 9. The van der Waals surface area contributed by atoms with Crippen LogP contribution in [0.2, 0.25) is 0 Å². The summed E-state index contributed by atoms with van der Waals surface area (Å²) in [4.78, 5) is 13.3. The summed E-state index contributed by atoms with van der Waals surface area (Å²) in [5.41, 5.74) is 12.9. The zero-order valence-corrected chi connectivity index (χ0v) is 19.6. The first kappa shape index (κ1) is 23.4. The summed E-state index contributed by atoms with van der Waals surface area (Å²) in [6.07, 6.45) is 10.4. The molecule has 1 saturated carbocycles. The second kappa shape index (κ2) is 8.86. The van der Waals surface area contributed by atoms with Crippen molar-refractivity contribution >= 4 is 11.8 Å². The van der Waals surface area contributed by atoms with Gasteiger partial charge in [0.1, 0.15) is 5.82 Å². The lowest BCUT2D eigenvalue weighted by molar-refractivity contribution is 0.0577. The Balaban J connectivity index is 1.61. The zero-order valence-electron chi connectivity index (χ0n) is 19.6. The molecule has 0 spiro atoms. The van der Waals surface area contributed by atoms with Gasteiger partial charge in [-0.15, -0.1) is 0 Å². The minimum atomic E-state index is -0.879. The van der Waals surface area contributed by atoms with Gasteiger partial charge in [-0.2, -0.15) is 10.1 Å². The van der Waals surface area contributed by atoms with E-state index in [-0.39, 0.29) is 5.82 Å². The van der Waals surface area contributed by atoms with Gasteiger partial charge in [-0.25, -0.2) is 4.99 Å². The van der Waals surface area contributed by atoms with Gasteiger partial charge in [0.25, 0.3) is 5.89 Å². The number of aliphatic imine (C=N–C) groups is 1. The van der Waals surface area contributed by atoms with E-state index in [1.807, 2.05) is 18.3 Å². The molecule has 178 valence electrons. The van der Waals surface area contributed by atoms with Gasteiger partial charge in [0, 0.05) is 30.4 Å². The number of hydrogen-bond donors (Lipinski definition) is 3. The number of aromatic nitrogens is 5. The minimum Gasteiger partial charge on any atom is -0.404 e. The van der Waals surface area contributed by atoms with Crippen LogP contribution in [0.25, 0.3) is 17.0 Å². The smallest absolute Gasteiger partial charge is 0.261 e. The topological polar surface area (TPSA) is 154 Å². The van der Waals surface area contributed by atoms with Crippen LogP contribution < -0.4 is 11.5 Å². The van der Waals surface area contributed by atoms with E-state index in [0.29, 0.717) is 41.0 Å². The summed E-state index contributed by atoms with van der Waals surface area (Å²) in [7, 11) is 0. The van der Waals surface area contributed by atoms with Gasteiger partial charge >= 0.3 is 0 Å². The van der Waals surface area contributed by atoms with Crippen LogP contribution in [0, 0.1) is 5.92 Å². The molecule has 1 aliphatic carbocycles. The highest BCUT2D eigenvalue weighted by atomic mass is 16.5. The van der Waals surface area contributed by atoms with E-state index < -0.39 is 11.0 Å². The minimum absolute atomic E-state index is 0.191. The molecule has 10 nitrogen and oxygen atoms in total. The van der Waals surface area contributed by atoms with E-state index in [2.05, 4.69) is 33.7 Å². The number of pyridine rings is 1. The molecule has 0 bridgehead atoms. The summed E-state index contributed by atoms with van der Waals surface area (Å²) >= 11 is 0. The van der Waals surface area contributed by atoms with E-state index in [1.54, 1.807) is 30.9 Å². The zero-order chi connectivity index (χ0) is 24.5. The lowest BCUT2D eigenvalue weighted by Gasteiger charge is -2.26. The molecule has 5 N–H and O–H groups in total. The second-order valence-corrected chi connectivity index (χ2v) is 9.44. The fourth-order valence-corrected chi connectivity index (χ4v) is 3.94. The Morgan fingerprint density at radius 3 is 2.68 bits per heavy atom. The Morgan fingerprint density at radius 2 is 2.09 bits per heavy atom. The van der Waals surface area contributed by atoms with Gasteiger partial charge in [0.2, 0.25) is 0 Å². The maximum absolute atomic E-state index is 10.0. The molecule has 0 aromatic carbocycles. The fourth-order valence-electron chi connectivity index (χ4n) is 3.94. The number of allylic oxidation sites excluding steroid dienone is 1. The maximum Gasteiger partial charge on any atom is 0.261 e. The summed E-state index contributed by atoms with van der Waals surface area (Å²) in [6.45, 7) is 9.49. The summed E-state index contributed by atoms with van der Waals surface area (Å²) in [5, 5.41) is 18.7. The van der Waals surface area contributed by atoms with Gasteiger partial charge in [-0.05, 0) is 51.2 Å². The van der Waals surface area contributed by atoms with Gasteiger partial charge < -0.3 is 21.1 Å². The van der Waals surface area contributed by atoms with E-state index >= 15 is 0 Å². The number of nitrogens with zero attached hydrogens (tertiary/aromatic N) is 6. The van der Waals surface area contributed by atoms with E-state index in [9.17, 15) is 5.11 Å². The van der Waals surface area contributed by atoms with Crippen LogP contribution in [0.3, 0.4) is 0 Å². The van der Waals surface area contributed by atoms with Crippen molar-refractivity contribution in [1.82, 2.24) is 24.9 Å². The Labute approximate surface area is 198 Å². The van der Waals surface area contributed by atoms with Crippen molar-refractivity contribution in [3.8, 4) is 11.5 Å². The molecule has 3 heterocycles. The first-order valence-corrected chi connectivity index (χ1v) is 11.1. The van der Waals surface area contributed by atoms with E-state index in [1.165, 1.54) is 12.4 Å². The lowest BCUT2D eigenvalue weighted by Crippen LogP contribution is -2.28. The molecular weight excluding hydrogens is 432 g/mol. The van der Waals surface area contributed by atoms with Crippen molar-refractivity contribution in [2.24, 2.45) is 22.4 Å². The van der Waals surface area contributed by atoms with Gasteiger partial charge in [-0.3, -0.25) is 9.67 Å². The van der Waals surface area contributed by atoms with Crippen molar-refractivity contribution < 1.29 is 9.63 Å². The van der Waals surface area contributed by atoms with Crippen molar-refractivity contribution in [1.29, 1.82) is 0 Å². The van der Waals surface area contributed by atoms with Gasteiger partial charge in [-0.1, -0.05) is 17.8 Å². The summed E-state index contributed by atoms with van der Waals surface area (Å²) in [6, 6.07) is 3.90. The summed E-state index contributed by atoms with van der Waals surface area (Å²) < 4.78 is 7.27. The normalized spacial score (nSPS) is 16.6.